The number of carbonyl (C=O) groups is 2. The summed E-state index contributed by atoms with van der Waals surface area (Å²) in [5, 5.41) is 0. The van der Waals surface area contributed by atoms with Crippen LogP contribution in [0.15, 0.2) is 30.3 Å². The van der Waals surface area contributed by atoms with Gasteiger partial charge in [0.25, 0.3) is 0 Å². The first-order valence-electron chi connectivity index (χ1n) is 9.37. The Balaban J connectivity index is 1.74. The molecular weight excluding hydrogens is 300 g/mol. The first kappa shape index (κ1) is 17.0. The highest BCUT2D eigenvalue weighted by Gasteiger charge is 2.30. The zero-order chi connectivity index (χ0) is 16.8. The van der Waals surface area contributed by atoms with Gasteiger partial charge in [0.15, 0.2) is 0 Å². The summed E-state index contributed by atoms with van der Waals surface area (Å²) in [5.74, 6) is -0.0705. The molecule has 2 heterocycles. The number of hydrogen-bond donors (Lipinski definition) is 0. The standard InChI is InChI=1S/C20H28N2O2/c23-19(21-12-6-2-7-13-21)16-18(17-10-4-1-5-11-17)20(24)22-14-8-3-9-15-22/h1,4-5,10-11,18H,2-3,6-9,12-16H2. The van der Waals surface area contributed by atoms with Crippen molar-refractivity contribution in [2.75, 3.05) is 26.2 Å². The molecule has 4 heteroatoms. The van der Waals surface area contributed by atoms with Gasteiger partial charge in [-0.3, -0.25) is 9.59 Å². The van der Waals surface area contributed by atoms with Crippen molar-refractivity contribution in [2.24, 2.45) is 0 Å². The zero-order valence-electron chi connectivity index (χ0n) is 14.5. The molecule has 0 radical (unpaired) electrons. The van der Waals surface area contributed by atoms with Gasteiger partial charge in [-0.25, -0.2) is 0 Å². The molecule has 1 aromatic carbocycles. The molecular formula is C20H28N2O2. The lowest BCUT2D eigenvalue weighted by atomic mass is 9.92. The highest BCUT2D eigenvalue weighted by Crippen LogP contribution is 2.26. The van der Waals surface area contributed by atoms with E-state index in [2.05, 4.69) is 0 Å². The monoisotopic (exact) mass is 328 g/mol. The summed E-state index contributed by atoms with van der Waals surface area (Å²) in [4.78, 5) is 29.7. The van der Waals surface area contributed by atoms with E-state index < -0.39 is 0 Å². The largest absolute Gasteiger partial charge is 0.343 e. The van der Waals surface area contributed by atoms with Crippen LogP contribution in [0, 0.1) is 0 Å². The van der Waals surface area contributed by atoms with Gasteiger partial charge in [0.2, 0.25) is 11.8 Å². The molecule has 130 valence electrons. The maximum absolute atomic E-state index is 13.1. The minimum atomic E-state index is -0.335. The van der Waals surface area contributed by atoms with Gasteiger partial charge < -0.3 is 9.80 Å². The third-order valence-corrected chi connectivity index (χ3v) is 5.26. The number of piperidine rings is 2. The summed E-state index contributed by atoms with van der Waals surface area (Å²) in [7, 11) is 0. The van der Waals surface area contributed by atoms with Gasteiger partial charge >= 0.3 is 0 Å². The molecule has 1 atom stereocenters. The molecule has 2 fully saturated rings. The molecule has 0 bridgehead atoms. The van der Waals surface area contributed by atoms with Gasteiger partial charge in [-0.1, -0.05) is 30.3 Å². The molecule has 3 rings (SSSR count). The Morgan fingerprint density at radius 3 is 1.92 bits per heavy atom. The van der Waals surface area contributed by atoms with Gasteiger partial charge in [0.05, 0.1) is 5.92 Å². The van der Waals surface area contributed by atoms with Crippen molar-refractivity contribution in [3.63, 3.8) is 0 Å². The van der Waals surface area contributed by atoms with Crippen LogP contribution in [0.5, 0.6) is 0 Å². The number of hydrogen-bond acceptors (Lipinski definition) is 2. The van der Waals surface area contributed by atoms with Crippen LogP contribution in [0.1, 0.15) is 56.4 Å². The van der Waals surface area contributed by atoms with Crippen molar-refractivity contribution in [3.8, 4) is 0 Å². The van der Waals surface area contributed by atoms with Crippen LogP contribution in [0.3, 0.4) is 0 Å². The summed E-state index contributed by atoms with van der Waals surface area (Å²) in [6, 6.07) is 9.83. The molecule has 4 nitrogen and oxygen atoms in total. The van der Waals surface area contributed by atoms with Gasteiger partial charge in [0, 0.05) is 32.6 Å². The highest BCUT2D eigenvalue weighted by molar-refractivity contribution is 5.90. The zero-order valence-corrected chi connectivity index (χ0v) is 14.5. The second-order valence-corrected chi connectivity index (χ2v) is 6.99. The molecule has 2 aliphatic heterocycles. The molecule has 0 saturated carbocycles. The van der Waals surface area contributed by atoms with Crippen LogP contribution in [0.25, 0.3) is 0 Å². The lowest BCUT2D eigenvalue weighted by Crippen LogP contribution is -2.42. The van der Waals surface area contributed by atoms with Crippen molar-refractivity contribution in [3.05, 3.63) is 35.9 Å². The Kier molecular flexibility index (Phi) is 5.89. The smallest absolute Gasteiger partial charge is 0.230 e. The van der Waals surface area contributed by atoms with Gasteiger partial charge in [-0.2, -0.15) is 0 Å². The molecule has 0 aromatic heterocycles. The lowest BCUT2D eigenvalue weighted by molar-refractivity contribution is -0.139. The second kappa shape index (κ2) is 8.32. The van der Waals surface area contributed by atoms with Crippen molar-refractivity contribution in [1.82, 2.24) is 9.80 Å². The van der Waals surface area contributed by atoms with E-state index in [1.54, 1.807) is 0 Å². The summed E-state index contributed by atoms with van der Waals surface area (Å²) < 4.78 is 0. The molecule has 0 spiro atoms. The average molecular weight is 328 g/mol. The van der Waals surface area contributed by atoms with E-state index in [0.717, 1.165) is 57.4 Å². The third kappa shape index (κ3) is 4.16. The summed E-state index contributed by atoms with van der Waals surface area (Å²) >= 11 is 0. The number of likely N-dealkylation sites (tertiary alicyclic amines) is 2. The van der Waals surface area contributed by atoms with Gasteiger partial charge in [-0.15, -0.1) is 0 Å². The molecule has 0 N–H and O–H groups in total. The van der Waals surface area contributed by atoms with Crippen LogP contribution < -0.4 is 0 Å². The second-order valence-electron chi connectivity index (χ2n) is 6.99. The van der Waals surface area contributed by atoms with E-state index in [-0.39, 0.29) is 17.7 Å². The Morgan fingerprint density at radius 1 is 0.792 bits per heavy atom. The third-order valence-electron chi connectivity index (χ3n) is 5.26. The van der Waals surface area contributed by atoms with Crippen molar-refractivity contribution >= 4 is 11.8 Å². The molecule has 24 heavy (non-hydrogen) atoms. The fourth-order valence-corrected chi connectivity index (χ4v) is 3.81. The van der Waals surface area contributed by atoms with Crippen LogP contribution in [-0.4, -0.2) is 47.8 Å². The predicted molar refractivity (Wildman–Crippen MR) is 94.7 cm³/mol. The van der Waals surface area contributed by atoms with Crippen LogP contribution in [-0.2, 0) is 9.59 Å². The Labute approximate surface area is 144 Å². The molecule has 0 aliphatic carbocycles. The molecule has 1 unspecified atom stereocenters. The fourth-order valence-electron chi connectivity index (χ4n) is 3.81. The molecule has 2 aliphatic rings. The molecule has 1 aromatic rings. The van der Waals surface area contributed by atoms with Crippen molar-refractivity contribution in [1.29, 1.82) is 0 Å². The first-order chi connectivity index (χ1) is 11.8. The maximum Gasteiger partial charge on any atom is 0.230 e. The summed E-state index contributed by atoms with van der Waals surface area (Å²) in [6.07, 6.45) is 7.04. The van der Waals surface area contributed by atoms with E-state index in [9.17, 15) is 9.59 Å². The number of amides is 2. The normalized spacial score (nSPS) is 19.8. The van der Waals surface area contributed by atoms with Gasteiger partial charge in [0.1, 0.15) is 0 Å². The van der Waals surface area contributed by atoms with E-state index in [1.165, 1.54) is 12.8 Å². The molecule has 2 saturated heterocycles. The fraction of sp³-hybridized carbons (Fsp3) is 0.600. The van der Waals surface area contributed by atoms with E-state index >= 15 is 0 Å². The topological polar surface area (TPSA) is 40.6 Å². The number of rotatable bonds is 4. The summed E-state index contributed by atoms with van der Waals surface area (Å²) in [5.41, 5.74) is 0.971. The maximum atomic E-state index is 13.1. The first-order valence-corrected chi connectivity index (χ1v) is 9.37. The lowest BCUT2D eigenvalue weighted by Gasteiger charge is -2.32. The van der Waals surface area contributed by atoms with Gasteiger partial charge in [-0.05, 0) is 44.1 Å². The minimum absolute atomic E-state index is 0.131. The average Bonchev–Trinajstić information content (AvgIpc) is 2.67. The van der Waals surface area contributed by atoms with Crippen molar-refractivity contribution < 1.29 is 9.59 Å². The van der Waals surface area contributed by atoms with Crippen LogP contribution >= 0.6 is 0 Å². The van der Waals surface area contributed by atoms with E-state index in [0.29, 0.717) is 6.42 Å². The number of nitrogens with zero attached hydrogens (tertiary/aromatic N) is 2. The Morgan fingerprint density at radius 2 is 1.33 bits per heavy atom. The Bertz CT molecular complexity index is 546. The van der Waals surface area contributed by atoms with Crippen molar-refractivity contribution in [2.45, 2.75) is 50.9 Å². The van der Waals surface area contributed by atoms with E-state index in [1.807, 2.05) is 40.1 Å². The Hall–Kier alpha value is -1.84. The molecule has 2 amide bonds. The summed E-state index contributed by atoms with van der Waals surface area (Å²) in [6.45, 7) is 3.36. The SMILES string of the molecule is O=C(CC(C(=O)N1CCCCC1)c1ccccc1)N1CCCCC1. The van der Waals surface area contributed by atoms with E-state index in [4.69, 9.17) is 0 Å². The number of carbonyl (C=O) groups excluding carboxylic acids is 2. The predicted octanol–water partition coefficient (Wildman–Crippen LogP) is 3.19. The highest BCUT2D eigenvalue weighted by atomic mass is 16.2. The number of benzene rings is 1. The van der Waals surface area contributed by atoms with Crippen LogP contribution in [0.4, 0.5) is 0 Å². The van der Waals surface area contributed by atoms with Crippen LogP contribution in [0.2, 0.25) is 0 Å². The quantitative estimate of drug-likeness (QED) is 0.852. The minimum Gasteiger partial charge on any atom is -0.343 e.